The van der Waals surface area contributed by atoms with Gasteiger partial charge in [-0.15, -0.1) is 0 Å². The van der Waals surface area contributed by atoms with Gasteiger partial charge in [-0.3, -0.25) is 19.7 Å². The molecule has 1 heterocycles. The highest BCUT2D eigenvalue weighted by atomic mass is 16.6. The number of hydrogen-bond acceptors (Lipinski definition) is 6. The number of nitro benzene ring substituents is 1. The number of nitrogens with zero attached hydrogens (tertiary/aromatic N) is 3. The largest absolute Gasteiger partial charge is 0.477 e. The molecule has 0 aliphatic carbocycles. The van der Waals surface area contributed by atoms with E-state index in [1.165, 1.54) is 18.2 Å². The molecule has 2 aromatic carbocycles. The molecule has 150 valence electrons. The van der Waals surface area contributed by atoms with E-state index in [1.54, 1.807) is 17.9 Å². The Kier molecular flexibility index (Phi) is 6.18. The van der Waals surface area contributed by atoms with Crippen LogP contribution in [0, 0.1) is 10.1 Å². The van der Waals surface area contributed by atoms with Crippen LogP contribution in [0.3, 0.4) is 0 Å². The van der Waals surface area contributed by atoms with Gasteiger partial charge in [-0.05, 0) is 37.1 Å². The maximum absolute atomic E-state index is 11.9. The van der Waals surface area contributed by atoms with Crippen molar-refractivity contribution in [1.29, 1.82) is 0 Å². The molecule has 9 heteroatoms. The van der Waals surface area contributed by atoms with Gasteiger partial charge in [0.2, 0.25) is 5.91 Å². The van der Waals surface area contributed by atoms with Gasteiger partial charge in [-0.25, -0.2) is 5.43 Å². The molecule has 1 aliphatic heterocycles. The van der Waals surface area contributed by atoms with Crippen LogP contribution in [0.15, 0.2) is 53.6 Å². The van der Waals surface area contributed by atoms with Crippen LogP contribution in [0.1, 0.15) is 25.3 Å². The molecule has 0 saturated carbocycles. The Balaban J connectivity index is 1.56. The molecule has 0 atom stereocenters. The molecule has 1 aliphatic rings. The fourth-order valence-electron chi connectivity index (χ4n) is 2.92. The van der Waals surface area contributed by atoms with Gasteiger partial charge in [0.25, 0.3) is 5.91 Å². The summed E-state index contributed by atoms with van der Waals surface area (Å²) >= 11 is 0. The number of para-hydroxylation sites is 2. The SMILES string of the molecule is C/C(=N/NC(=O)COc1ccccc1[N+](=O)[O-])c1ccc(N2CCCC2=O)cc1. The number of carbonyl (C=O) groups is 2. The topological polar surface area (TPSA) is 114 Å². The molecule has 29 heavy (non-hydrogen) atoms. The van der Waals surface area contributed by atoms with Gasteiger partial charge in [0, 0.05) is 24.7 Å². The van der Waals surface area contributed by atoms with Crippen LogP contribution in [-0.4, -0.2) is 35.6 Å². The smallest absolute Gasteiger partial charge is 0.310 e. The van der Waals surface area contributed by atoms with Crippen molar-refractivity contribution in [2.75, 3.05) is 18.1 Å². The molecule has 1 fully saturated rings. The number of rotatable bonds is 7. The summed E-state index contributed by atoms with van der Waals surface area (Å²) in [7, 11) is 0. The number of nitrogens with one attached hydrogen (secondary N) is 1. The highest BCUT2D eigenvalue weighted by Gasteiger charge is 2.21. The summed E-state index contributed by atoms with van der Waals surface area (Å²) in [5, 5.41) is 15.0. The zero-order chi connectivity index (χ0) is 20.8. The van der Waals surface area contributed by atoms with Crippen LogP contribution in [-0.2, 0) is 9.59 Å². The first-order chi connectivity index (χ1) is 14.0. The van der Waals surface area contributed by atoms with Crippen molar-refractivity contribution in [1.82, 2.24) is 5.43 Å². The second-order valence-corrected chi connectivity index (χ2v) is 6.44. The summed E-state index contributed by atoms with van der Waals surface area (Å²) in [6.07, 6.45) is 1.43. The number of hydrogen-bond donors (Lipinski definition) is 1. The van der Waals surface area contributed by atoms with E-state index in [0.717, 1.165) is 24.2 Å². The highest BCUT2D eigenvalue weighted by Crippen LogP contribution is 2.25. The Morgan fingerprint density at radius 1 is 1.24 bits per heavy atom. The van der Waals surface area contributed by atoms with Gasteiger partial charge in [0.15, 0.2) is 12.4 Å². The minimum Gasteiger partial charge on any atom is -0.477 e. The second-order valence-electron chi connectivity index (χ2n) is 6.44. The number of ether oxygens (including phenoxy) is 1. The quantitative estimate of drug-likeness (QED) is 0.439. The van der Waals surface area contributed by atoms with Gasteiger partial charge in [-0.1, -0.05) is 24.3 Å². The van der Waals surface area contributed by atoms with Crippen LogP contribution >= 0.6 is 0 Å². The molecule has 1 saturated heterocycles. The molecular weight excluding hydrogens is 376 g/mol. The Morgan fingerprint density at radius 2 is 1.97 bits per heavy atom. The molecule has 0 aromatic heterocycles. The molecule has 0 unspecified atom stereocenters. The molecular formula is C20H20N4O5. The van der Waals surface area contributed by atoms with E-state index in [0.29, 0.717) is 12.1 Å². The number of nitro groups is 1. The summed E-state index contributed by atoms with van der Waals surface area (Å²) in [4.78, 5) is 35.9. The predicted octanol–water partition coefficient (Wildman–Crippen LogP) is 2.64. The standard InChI is InChI=1S/C20H20N4O5/c1-14(15-8-10-16(11-9-15)23-12-4-7-20(23)26)21-22-19(25)13-29-18-6-3-2-5-17(18)24(27)28/h2-3,5-6,8-11H,4,7,12-13H2,1H3,(H,22,25)/b21-14-. The minimum absolute atomic E-state index is 0.0143. The zero-order valence-electron chi connectivity index (χ0n) is 15.8. The van der Waals surface area contributed by atoms with E-state index in [1.807, 2.05) is 24.3 Å². The van der Waals surface area contributed by atoms with Gasteiger partial charge in [-0.2, -0.15) is 5.10 Å². The summed E-state index contributed by atoms with van der Waals surface area (Å²) < 4.78 is 5.22. The van der Waals surface area contributed by atoms with E-state index in [-0.39, 0.29) is 17.3 Å². The summed E-state index contributed by atoms with van der Waals surface area (Å²) in [5.74, 6) is -0.406. The average molecular weight is 396 g/mol. The molecule has 0 radical (unpaired) electrons. The van der Waals surface area contributed by atoms with Gasteiger partial charge in [0.1, 0.15) is 0 Å². The third kappa shape index (κ3) is 4.95. The Hall–Kier alpha value is -3.75. The summed E-state index contributed by atoms with van der Waals surface area (Å²) in [6.45, 7) is 2.05. The first-order valence-corrected chi connectivity index (χ1v) is 9.06. The van der Waals surface area contributed by atoms with Crippen LogP contribution < -0.4 is 15.1 Å². The highest BCUT2D eigenvalue weighted by molar-refractivity contribution is 6.00. The van der Waals surface area contributed by atoms with Crippen molar-refractivity contribution < 1.29 is 19.2 Å². The molecule has 2 aromatic rings. The monoisotopic (exact) mass is 396 g/mol. The number of anilines is 1. The van der Waals surface area contributed by atoms with Crippen molar-refractivity contribution in [3.05, 3.63) is 64.2 Å². The van der Waals surface area contributed by atoms with E-state index >= 15 is 0 Å². The van der Waals surface area contributed by atoms with Crippen molar-refractivity contribution in [3.63, 3.8) is 0 Å². The summed E-state index contributed by atoms with van der Waals surface area (Å²) in [5.41, 5.74) is 4.36. The predicted molar refractivity (Wildman–Crippen MR) is 107 cm³/mol. The van der Waals surface area contributed by atoms with Crippen LogP contribution in [0.2, 0.25) is 0 Å². The number of hydrazone groups is 1. The summed E-state index contributed by atoms with van der Waals surface area (Å²) in [6, 6.07) is 13.2. The molecule has 1 N–H and O–H groups in total. The van der Waals surface area contributed by atoms with Crippen molar-refractivity contribution >= 4 is 28.9 Å². The first-order valence-electron chi connectivity index (χ1n) is 9.06. The fourth-order valence-corrected chi connectivity index (χ4v) is 2.92. The minimum atomic E-state index is -0.574. The lowest BCUT2D eigenvalue weighted by Gasteiger charge is -2.15. The zero-order valence-corrected chi connectivity index (χ0v) is 15.8. The normalized spacial score (nSPS) is 14.0. The lowest BCUT2D eigenvalue weighted by molar-refractivity contribution is -0.385. The second kappa shape index (κ2) is 8.96. The number of amides is 2. The van der Waals surface area contributed by atoms with Crippen molar-refractivity contribution in [2.45, 2.75) is 19.8 Å². The van der Waals surface area contributed by atoms with Gasteiger partial charge in [0.05, 0.1) is 10.6 Å². The Bertz CT molecular complexity index is 956. The average Bonchev–Trinajstić information content (AvgIpc) is 3.16. The lowest BCUT2D eigenvalue weighted by atomic mass is 10.1. The van der Waals surface area contributed by atoms with E-state index in [9.17, 15) is 19.7 Å². The molecule has 0 spiro atoms. The van der Waals surface area contributed by atoms with Gasteiger partial charge >= 0.3 is 5.69 Å². The Labute approximate surface area is 167 Å². The van der Waals surface area contributed by atoms with Gasteiger partial charge < -0.3 is 9.64 Å². The van der Waals surface area contributed by atoms with E-state index < -0.39 is 17.4 Å². The van der Waals surface area contributed by atoms with Crippen LogP contribution in [0.4, 0.5) is 11.4 Å². The van der Waals surface area contributed by atoms with Crippen LogP contribution in [0.25, 0.3) is 0 Å². The van der Waals surface area contributed by atoms with Crippen molar-refractivity contribution in [2.24, 2.45) is 5.10 Å². The third-order valence-corrected chi connectivity index (χ3v) is 4.44. The number of carbonyl (C=O) groups excluding carboxylic acids is 2. The molecule has 2 amide bonds. The fraction of sp³-hybridized carbons (Fsp3) is 0.250. The maximum Gasteiger partial charge on any atom is 0.310 e. The maximum atomic E-state index is 11.9. The number of benzene rings is 2. The van der Waals surface area contributed by atoms with E-state index in [4.69, 9.17) is 4.74 Å². The molecule has 3 rings (SSSR count). The van der Waals surface area contributed by atoms with Crippen LogP contribution in [0.5, 0.6) is 5.75 Å². The van der Waals surface area contributed by atoms with E-state index in [2.05, 4.69) is 10.5 Å². The van der Waals surface area contributed by atoms with Crippen molar-refractivity contribution in [3.8, 4) is 5.75 Å². The third-order valence-electron chi connectivity index (χ3n) is 4.44. The molecule has 0 bridgehead atoms. The molecule has 9 nitrogen and oxygen atoms in total. The Morgan fingerprint density at radius 3 is 2.62 bits per heavy atom. The first kappa shape index (κ1) is 20.0. The lowest BCUT2D eigenvalue weighted by Crippen LogP contribution is -2.26.